The van der Waals surface area contributed by atoms with E-state index < -0.39 is 0 Å². The molecule has 22 heavy (non-hydrogen) atoms. The number of rotatable bonds is 3. The van der Waals surface area contributed by atoms with Crippen molar-refractivity contribution in [3.05, 3.63) is 76.8 Å². The van der Waals surface area contributed by atoms with Crippen molar-refractivity contribution < 1.29 is 0 Å². The highest BCUT2D eigenvalue weighted by Crippen LogP contribution is 2.15. The van der Waals surface area contributed by atoms with E-state index in [1.807, 2.05) is 42.5 Å². The molecule has 0 unspecified atom stereocenters. The monoisotopic (exact) mass is 290 g/mol. The molecule has 3 N–H and O–H groups in total. The third kappa shape index (κ3) is 2.78. The smallest absolute Gasteiger partial charge is 0.257 e. The van der Waals surface area contributed by atoms with Crippen LogP contribution in [-0.2, 0) is 0 Å². The lowest BCUT2D eigenvalue weighted by molar-refractivity contribution is 1.22. The second kappa shape index (κ2) is 6.05. The average molecular weight is 290 g/mol. The van der Waals surface area contributed by atoms with Crippen LogP contribution in [0.15, 0.2) is 70.7 Å². The number of nitrogens with two attached hydrogens (primary N) is 1. The van der Waals surface area contributed by atoms with Crippen LogP contribution < -0.4 is 11.3 Å². The van der Waals surface area contributed by atoms with Crippen LogP contribution in [0.4, 0.5) is 5.69 Å². The molecule has 2 heterocycles. The number of aliphatic imine (C=N–C) groups is 1. The predicted molar refractivity (Wildman–Crippen MR) is 89.1 cm³/mol. The van der Waals surface area contributed by atoms with Crippen molar-refractivity contribution >= 4 is 28.5 Å². The molecule has 108 valence electrons. The number of nitrogens with zero attached hydrogens (tertiary/aromatic N) is 2. The summed E-state index contributed by atoms with van der Waals surface area (Å²) in [6.07, 6.45) is 4.59. The van der Waals surface area contributed by atoms with E-state index in [0.29, 0.717) is 16.8 Å². The van der Waals surface area contributed by atoms with Gasteiger partial charge in [-0.2, -0.15) is 0 Å². The van der Waals surface area contributed by atoms with Gasteiger partial charge in [0.2, 0.25) is 0 Å². The van der Waals surface area contributed by atoms with Gasteiger partial charge in [-0.15, -0.1) is 0 Å². The number of allylic oxidation sites excluding steroid dienone is 1. The SMILES string of the molecule is NC=C(C=Nc1ccccc1)c1cc2cccnc2[nH]c1=O. The summed E-state index contributed by atoms with van der Waals surface area (Å²) in [6.45, 7) is 0. The molecule has 1 aromatic carbocycles. The summed E-state index contributed by atoms with van der Waals surface area (Å²) in [5, 5.41) is 0.838. The third-order valence-corrected chi connectivity index (χ3v) is 3.21. The van der Waals surface area contributed by atoms with Gasteiger partial charge in [-0.05, 0) is 30.3 Å². The molecular weight excluding hydrogens is 276 g/mol. The fourth-order valence-corrected chi connectivity index (χ4v) is 2.11. The fraction of sp³-hybridized carbons (Fsp3) is 0. The Morgan fingerprint density at radius 1 is 1.18 bits per heavy atom. The Hall–Kier alpha value is -3.21. The Kier molecular flexibility index (Phi) is 3.78. The van der Waals surface area contributed by atoms with Gasteiger partial charge in [0.05, 0.1) is 11.3 Å². The summed E-state index contributed by atoms with van der Waals surface area (Å²) < 4.78 is 0. The second-order valence-electron chi connectivity index (χ2n) is 4.67. The predicted octanol–water partition coefficient (Wildman–Crippen LogP) is 2.63. The molecule has 5 nitrogen and oxygen atoms in total. The van der Waals surface area contributed by atoms with Crippen LogP contribution in [0.25, 0.3) is 16.6 Å². The zero-order valence-corrected chi connectivity index (χ0v) is 11.7. The van der Waals surface area contributed by atoms with Crippen molar-refractivity contribution in [1.29, 1.82) is 0 Å². The first-order valence-corrected chi connectivity index (χ1v) is 6.77. The molecule has 0 saturated heterocycles. The molecule has 0 atom stereocenters. The Balaban J connectivity index is 2.03. The van der Waals surface area contributed by atoms with Crippen LogP contribution in [0.5, 0.6) is 0 Å². The zero-order valence-electron chi connectivity index (χ0n) is 11.7. The molecule has 0 bridgehead atoms. The molecular formula is C17H14N4O. The number of H-pyrrole nitrogens is 1. The minimum atomic E-state index is -0.248. The molecule has 0 amide bonds. The first-order valence-electron chi connectivity index (χ1n) is 6.77. The van der Waals surface area contributed by atoms with E-state index in [-0.39, 0.29) is 5.56 Å². The van der Waals surface area contributed by atoms with Crippen LogP contribution in [0.3, 0.4) is 0 Å². The second-order valence-corrected chi connectivity index (χ2v) is 4.67. The lowest BCUT2D eigenvalue weighted by Crippen LogP contribution is -2.13. The minimum Gasteiger partial charge on any atom is -0.404 e. The summed E-state index contributed by atoms with van der Waals surface area (Å²) in [4.78, 5) is 23.4. The number of aromatic nitrogens is 2. The number of aromatic amines is 1. The van der Waals surface area contributed by atoms with E-state index in [1.54, 1.807) is 18.5 Å². The van der Waals surface area contributed by atoms with Gasteiger partial charge in [-0.3, -0.25) is 9.79 Å². The normalized spacial score (nSPS) is 12.1. The van der Waals surface area contributed by atoms with Gasteiger partial charge in [0.25, 0.3) is 5.56 Å². The molecule has 0 radical (unpaired) electrons. The summed E-state index contributed by atoms with van der Waals surface area (Å²) in [5.74, 6) is 0. The maximum atomic E-state index is 12.2. The van der Waals surface area contributed by atoms with Gasteiger partial charge >= 0.3 is 0 Å². The standard InChI is InChI=1S/C17H14N4O/c18-10-13(11-20-14-6-2-1-3-7-14)15-9-12-5-4-8-19-16(12)21-17(15)22/h1-11H,18H2,(H,19,21,22). The van der Waals surface area contributed by atoms with E-state index >= 15 is 0 Å². The van der Waals surface area contributed by atoms with E-state index in [0.717, 1.165) is 11.1 Å². The summed E-state index contributed by atoms with van der Waals surface area (Å²) in [7, 11) is 0. The van der Waals surface area contributed by atoms with E-state index in [2.05, 4.69) is 15.0 Å². The number of hydrogen-bond acceptors (Lipinski definition) is 4. The molecule has 3 rings (SSSR count). The number of nitrogens with one attached hydrogen (secondary N) is 1. The van der Waals surface area contributed by atoms with Gasteiger partial charge in [0, 0.05) is 29.6 Å². The maximum absolute atomic E-state index is 12.2. The van der Waals surface area contributed by atoms with Crippen LogP contribution in [0.2, 0.25) is 0 Å². The van der Waals surface area contributed by atoms with Gasteiger partial charge in [-0.25, -0.2) is 4.98 Å². The quantitative estimate of drug-likeness (QED) is 0.727. The molecule has 3 aromatic rings. The Morgan fingerprint density at radius 3 is 2.77 bits per heavy atom. The average Bonchev–Trinajstić information content (AvgIpc) is 2.56. The minimum absolute atomic E-state index is 0.248. The van der Waals surface area contributed by atoms with Crippen molar-refractivity contribution in [2.75, 3.05) is 0 Å². The van der Waals surface area contributed by atoms with Gasteiger partial charge in [0.1, 0.15) is 5.65 Å². The molecule has 0 fully saturated rings. The van der Waals surface area contributed by atoms with Gasteiger partial charge < -0.3 is 10.7 Å². The maximum Gasteiger partial charge on any atom is 0.257 e. The zero-order chi connectivity index (χ0) is 15.4. The van der Waals surface area contributed by atoms with Crippen LogP contribution in [-0.4, -0.2) is 16.2 Å². The van der Waals surface area contributed by atoms with E-state index in [1.165, 1.54) is 6.20 Å². The number of para-hydroxylation sites is 1. The summed E-state index contributed by atoms with van der Waals surface area (Å²) in [6, 6.07) is 14.9. The lowest BCUT2D eigenvalue weighted by Gasteiger charge is -2.03. The number of benzene rings is 1. The Morgan fingerprint density at radius 2 is 2.00 bits per heavy atom. The number of pyridine rings is 2. The summed E-state index contributed by atoms with van der Waals surface area (Å²) in [5.41, 5.74) is 7.77. The number of fused-ring (bicyclic) bond motifs is 1. The van der Waals surface area contributed by atoms with E-state index in [4.69, 9.17) is 5.73 Å². The highest BCUT2D eigenvalue weighted by molar-refractivity contribution is 6.10. The fourth-order valence-electron chi connectivity index (χ4n) is 2.11. The molecule has 0 spiro atoms. The topological polar surface area (TPSA) is 84.1 Å². The van der Waals surface area contributed by atoms with Crippen molar-refractivity contribution in [1.82, 2.24) is 9.97 Å². The molecule has 0 aliphatic rings. The van der Waals surface area contributed by atoms with Crippen LogP contribution in [0, 0.1) is 0 Å². The van der Waals surface area contributed by atoms with Crippen molar-refractivity contribution in [2.24, 2.45) is 10.7 Å². The van der Waals surface area contributed by atoms with E-state index in [9.17, 15) is 4.79 Å². The Labute approximate surface area is 126 Å². The van der Waals surface area contributed by atoms with Crippen LogP contribution in [0.1, 0.15) is 5.56 Å². The van der Waals surface area contributed by atoms with Crippen molar-refractivity contribution in [3.8, 4) is 0 Å². The molecule has 5 heteroatoms. The Bertz CT molecular complexity index is 911. The molecule has 0 aliphatic carbocycles. The molecule has 2 aromatic heterocycles. The van der Waals surface area contributed by atoms with Crippen molar-refractivity contribution in [2.45, 2.75) is 0 Å². The first kappa shape index (κ1) is 13.8. The van der Waals surface area contributed by atoms with Crippen LogP contribution >= 0.6 is 0 Å². The largest absolute Gasteiger partial charge is 0.404 e. The van der Waals surface area contributed by atoms with Crippen molar-refractivity contribution in [3.63, 3.8) is 0 Å². The third-order valence-electron chi connectivity index (χ3n) is 3.21. The summed E-state index contributed by atoms with van der Waals surface area (Å²) >= 11 is 0. The highest BCUT2D eigenvalue weighted by atomic mass is 16.1. The van der Waals surface area contributed by atoms with Gasteiger partial charge in [0.15, 0.2) is 0 Å². The lowest BCUT2D eigenvalue weighted by atomic mass is 10.1. The number of hydrogen-bond donors (Lipinski definition) is 2. The molecule has 0 aliphatic heterocycles. The first-order chi connectivity index (χ1) is 10.8. The molecule has 0 saturated carbocycles. The highest BCUT2D eigenvalue weighted by Gasteiger charge is 2.07. The van der Waals surface area contributed by atoms with Gasteiger partial charge in [-0.1, -0.05) is 18.2 Å².